The molecule has 0 fully saturated rings. The fourth-order valence-corrected chi connectivity index (χ4v) is 2.25. The summed E-state index contributed by atoms with van der Waals surface area (Å²) in [6.45, 7) is 1.93. The molecule has 4 nitrogen and oxygen atoms in total. The van der Waals surface area contributed by atoms with Crippen LogP contribution in [0.3, 0.4) is 0 Å². The van der Waals surface area contributed by atoms with E-state index in [1.54, 1.807) is 37.0 Å². The van der Waals surface area contributed by atoms with Crippen LogP contribution < -0.4 is 15.4 Å². The largest absolute Gasteiger partial charge is 0.434 e. The number of halogens is 3. The SMILES string of the molecule is C=CCSCCNC(=NC)NCc1ccccc1OC(F)F.I. The maximum Gasteiger partial charge on any atom is 0.387 e. The molecular weight excluding hydrogens is 435 g/mol. The van der Waals surface area contributed by atoms with E-state index in [4.69, 9.17) is 0 Å². The van der Waals surface area contributed by atoms with Crippen LogP contribution in [0.2, 0.25) is 0 Å². The summed E-state index contributed by atoms with van der Waals surface area (Å²) in [6, 6.07) is 6.69. The van der Waals surface area contributed by atoms with E-state index in [-0.39, 0.29) is 29.7 Å². The van der Waals surface area contributed by atoms with Crippen LogP contribution in [-0.2, 0) is 6.54 Å². The molecule has 0 aliphatic heterocycles. The van der Waals surface area contributed by atoms with Crippen LogP contribution in [-0.4, -0.2) is 37.7 Å². The van der Waals surface area contributed by atoms with Crippen molar-refractivity contribution in [3.8, 4) is 5.75 Å². The molecule has 0 aromatic heterocycles. The predicted octanol–water partition coefficient (Wildman–Crippen LogP) is 3.49. The van der Waals surface area contributed by atoms with Crippen LogP contribution >= 0.6 is 35.7 Å². The molecule has 23 heavy (non-hydrogen) atoms. The van der Waals surface area contributed by atoms with Gasteiger partial charge < -0.3 is 15.4 Å². The number of hydrogen-bond acceptors (Lipinski definition) is 3. The number of aliphatic imine (C=N–C) groups is 1. The Morgan fingerprint density at radius 1 is 1.39 bits per heavy atom. The van der Waals surface area contributed by atoms with Gasteiger partial charge in [-0.25, -0.2) is 0 Å². The zero-order chi connectivity index (χ0) is 16.2. The molecule has 0 amide bonds. The number of nitrogens with zero attached hydrogens (tertiary/aromatic N) is 1. The van der Waals surface area contributed by atoms with Crippen molar-refractivity contribution in [3.63, 3.8) is 0 Å². The number of hydrogen-bond donors (Lipinski definition) is 2. The van der Waals surface area contributed by atoms with Gasteiger partial charge in [-0.15, -0.1) is 30.6 Å². The Kier molecular flexibility index (Phi) is 12.8. The summed E-state index contributed by atoms with van der Waals surface area (Å²) in [5.41, 5.74) is 0.645. The van der Waals surface area contributed by atoms with Gasteiger partial charge in [0.25, 0.3) is 0 Å². The van der Waals surface area contributed by atoms with Gasteiger partial charge in [0.1, 0.15) is 5.75 Å². The Morgan fingerprint density at radius 3 is 2.78 bits per heavy atom. The molecule has 0 heterocycles. The van der Waals surface area contributed by atoms with E-state index in [0.717, 1.165) is 18.1 Å². The van der Waals surface area contributed by atoms with Crippen LogP contribution in [0.5, 0.6) is 5.75 Å². The lowest BCUT2D eigenvalue weighted by Gasteiger charge is -2.14. The highest BCUT2D eigenvalue weighted by atomic mass is 127. The molecule has 0 atom stereocenters. The summed E-state index contributed by atoms with van der Waals surface area (Å²) in [7, 11) is 1.66. The summed E-state index contributed by atoms with van der Waals surface area (Å²) in [5, 5.41) is 6.23. The van der Waals surface area contributed by atoms with Crippen molar-refractivity contribution in [1.82, 2.24) is 10.6 Å². The highest BCUT2D eigenvalue weighted by molar-refractivity contribution is 14.0. The minimum Gasteiger partial charge on any atom is -0.434 e. The molecular formula is C15H22F2IN3OS. The van der Waals surface area contributed by atoms with Gasteiger partial charge in [0.15, 0.2) is 5.96 Å². The van der Waals surface area contributed by atoms with E-state index in [9.17, 15) is 8.78 Å². The van der Waals surface area contributed by atoms with Crippen molar-refractivity contribution < 1.29 is 13.5 Å². The Balaban J connectivity index is 0.00000484. The molecule has 0 aliphatic carbocycles. The monoisotopic (exact) mass is 457 g/mol. The minimum absolute atomic E-state index is 0. The Labute approximate surface area is 157 Å². The molecule has 0 bridgehead atoms. The second-order valence-corrected chi connectivity index (χ2v) is 5.35. The van der Waals surface area contributed by atoms with Crippen LogP contribution in [0, 0.1) is 0 Å². The summed E-state index contributed by atoms with van der Waals surface area (Å²) < 4.78 is 29.2. The zero-order valence-electron chi connectivity index (χ0n) is 12.9. The number of rotatable bonds is 9. The zero-order valence-corrected chi connectivity index (χ0v) is 16.1. The Bertz CT molecular complexity index is 490. The van der Waals surface area contributed by atoms with Crippen molar-refractivity contribution in [2.75, 3.05) is 25.1 Å². The lowest BCUT2D eigenvalue weighted by molar-refractivity contribution is -0.0504. The summed E-state index contributed by atoms with van der Waals surface area (Å²) >= 11 is 1.76. The molecule has 0 radical (unpaired) electrons. The number of nitrogens with one attached hydrogen (secondary N) is 2. The summed E-state index contributed by atoms with van der Waals surface area (Å²) in [4.78, 5) is 4.09. The maximum atomic E-state index is 12.3. The highest BCUT2D eigenvalue weighted by Crippen LogP contribution is 2.19. The molecule has 2 N–H and O–H groups in total. The minimum atomic E-state index is -2.83. The van der Waals surface area contributed by atoms with Gasteiger partial charge in [0.05, 0.1) is 0 Å². The first-order chi connectivity index (χ1) is 10.7. The second kappa shape index (κ2) is 13.4. The lowest BCUT2D eigenvalue weighted by Crippen LogP contribution is -2.38. The Hall–Kier alpha value is -1.03. The van der Waals surface area contributed by atoms with E-state index in [2.05, 4.69) is 26.9 Å². The molecule has 1 aromatic rings. The number of thioether (sulfide) groups is 1. The maximum absolute atomic E-state index is 12.3. The van der Waals surface area contributed by atoms with Gasteiger partial charge in [0.2, 0.25) is 0 Å². The molecule has 0 spiro atoms. The number of para-hydroxylation sites is 1. The van der Waals surface area contributed by atoms with Gasteiger partial charge in [-0.2, -0.15) is 20.5 Å². The first-order valence-electron chi connectivity index (χ1n) is 6.83. The molecule has 0 saturated carbocycles. The molecule has 8 heteroatoms. The van der Waals surface area contributed by atoms with Crippen molar-refractivity contribution in [2.45, 2.75) is 13.2 Å². The quantitative estimate of drug-likeness (QED) is 0.196. The second-order valence-electron chi connectivity index (χ2n) is 4.20. The summed E-state index contributed by atoms with van der Waals surface area (Å²) in [5.74, 6) is 2.62. The van der Waals surface area contributed by atoms with Crippen molar-refractivity contribution in [3.05, 3.63) is 42.5 Å². The van der Waals surface area contributed by atoms with Gasteiger partial charge in [-0.05, 0) is 6.07 Å². The molecule has 0 saturated heterocycles. The van der Waals surface area contributed by atoms with Crippen LogP contribution in [0.25, 0.3) is 0 Å². The van der Waals surface area contributed by atoms with E-state index in [1.807, 2.05) is 6.08 Å². The molecule has 130 valence electrons. The van der Waals surface area contributed by atoms with Crippen molar-refractivity contribution >= 4 is 41.7 Å². The van der Waals surface area contributed by atoms with Crippen LogP contribution in [0.15, 0.2) is 41.9 Å². The molecule has 0 aliphatic rings. The summed E-state index contributed by atoms with van der Waals surface area (Å²) in [6.07, 6.45) is 1.86. The van der Waals surface area contributed by atoms with Gasteiger partial charge in [-0.3, -0.25) is 4.99 Å². The van der Waals surface area contributed by atoms with Gasteiger partial charge in [-0.1, -0.05) is 24.3 Å². The van der Waals surface area contributed by atoms with Gasteiger partial charge in [0, 0.05) is 37.2 Å². The molecule has 0 unspecified atom stereocenters. The standard InChI is InChI=1S/C15H21F2N3OS.HI/c1-3-9-22-10-8-19-15(18-2)20-11-12-6-4-5-7-13(12)21-14(16)17;/h3-7,14H,1,8-11H2,2H3,(H2,18,19,20);1H. The lowest BCUT2D eigenvalue weighted by atomic mass is 10.2. The fraction of sp³-hybridized carbons (Fsp3) is 0.400. The van der Waals surface area contributed by atoms with Crippen LogP contribution in [0.1, 0.15) is 5.56 Å². The first-order valence-corrected chi connectivity index (χ1v) is 7.98. The normalized spacial score (nSPS) is 10.9. The van der Waals surface area contributed by atoms with Gasteiger partial charge >= 0.3 is 6.61 Å². The Morgan fingerprint density at radius 2 is 2.13 bits per heavy atom. The van der Waals surface area contributed by atoms with E-state index in [0.29, 0.717) is 18.1 Å². The molecule has 1 rings (SSSR count). The first kappa shape index (κ1) is 22.0. The average molecular weight is 457 g/mol. The van der Waals surface area contributed by atoms with Crippen LogP contribution in [0.4, 0.5) is 8.78 Å². The number of ether oxygens (including phenoxy) is 1. The number of benzene rings is 1. The average Bonchev–Trinajstić information content (AvgIpc) is 2.51. The van der Waals surface area contributed by atoms with E-state index in [1.165, 1.54) is 6.07 Å². The topological polar surface area (TPSA) is 45.7 Å². The van der Waals surface area contributed by atoms with E-state index < -0.39 is 6.61 Å². The number of alkyl halides is 2. The third-order valence-corrected chi connectivity index (χ3v) is 3.60. The number of guanidine groups is 1. The third kappa shape index (κ3) is 9.65. The molecule has 1 aromatic carbocycles. The van der Waals surface area contributed by atoms with E-state index >= 15 is 0 Å². The fourth-order valence-electron chi connectivity index (χ4n) is 1.67. The smallest absolute Gasteiger partial charge is 0.387 e. The highest BCUT2D eigenvalue weighted by Gasteiger charge is 2.09. The predicted molar refractivity (Wildman–Crippen MR) is 104 cm³/mol. The third-order valence-electron chi connectivity index (χ3n) is 2.63. The van der Waals surface area contributed by atoms with Crippen molar-refractivity contribution in [2.24, 2.45) is 4.99 Å². The van der Waals surface area contributed by atoms with Crippen molar-refractivity contribution in [1.29, 1.82) is 0 Å².